The van der Waals surface area contributed by atoms with Crippen LogP contribution < -0.4 is 0 Å². The van der Waals surface area contributed by atoms with E-state index in [0.717, 1.165) is 0 Å². The first-order chi connectivity index (χ1) is 5.83. The van der Waals surface area contributed by atoms with Crippen molar-refractivity contribution in [3.8, 4) is 12.8 Å². The van der Waals surface area contributed by atoms with Gasteiger partial charge in [0.1, 0.15) is 0 Å². The molecule has 0 radical (unpaired) electrons. The van der Waals surface area contributed by atoms with Crippen LogP contribution in [0.2, 0.25) is 0 Å². The molecule has 0 N–H and O–H groups in total. The van der Waals surface area contributed by atoms with Gasteiger partial charge in [0.25, 0.3) is 0 Å². The molecule has 0 nitrogen and oxygen atoms in total. The van der Waals surface area contributed by atoms with Crippen LogP contribution in [0.25, 0.3) is 0 Å². The lowest BCUT2D eigenvalue weighted by Gasteiger charge is -1.90. The Hall–Kier alpha value is -0.440. The summed E-state index contributed by atoms with van der Waals surface area (Å²) in [5.74, 6) is 0. The maximum Gasteiger partial charge on any atom is -0.0533 e. The molecule has 0 atom stereocenters. The van der Waals surface area contributed by atoms with Crippen LogP contribution in [-0.2, 0) is 0 Å². The predicted octanol–water partition coefficient (Wildman–Crippen LogP) is 4.64. The Labute approximate surface area is 79.8 Å². The van der Waals surface area contributed by atoms with Crippen molar-refractivity contribution < 1.29 is 0 Å². The Morgan fingerprint density at radius 3 is 1.08 bits per heavy atom. The van der Waals surface area contributed by atoms with Crippen molar-refractivity contribution in [2.75, 3.05) is 0 Å². The third kappa shape index (κ3) is 55.3. The van der Waals surface area contributed by atoms with Crippen LogP contribution in [0.5, 0.6) is 0 Å². The number of rotatable bonds is 4. The van der Waals surface area contributed by atoms with Crippen molar-refractivity contribution in [1.29, 1.82) is 0 Å². The van der Waals surface area contributed by atoms with E-state index in [1.807, 2.05) is 0 Å². The summed E-state index contributed by atoms with van der Waals surface area (Å²) in [6.07, 6.45) is 16.3. The molecule has 0 bridgehead atoms. The summed E-state index contributed by atoms with van der Waals surface area (Å²) >= 11 is 0. The first-order valence-electron chi connectivity index (χ1n) is 5.16. The molecule has 0 aliphatic carbocycles. The SMILES string of the molecule is C#C.CCC.CCCCCCC. The molecule has 74 valence electrons. The molecule has 0 heterocycles. The van der Waals surface area contributed by atoms with Crippen LogP contribution in [0.3, 0.4) is 0 Å². The van der Waals surface area contributed by atoms with E-state index in [0.29, 0.717) is 0 Å². The van der Waals surface area contributed by atoms with Gasteiger partial charge in [-0.3, -0.25) is 0 Å². The van der Waals surface area contributed by atoms with E-state index in [1.54, 1.807) is 0 Å². The molecule has 0 saturated carbocycles. The van der Waals surface area contributed by atoms with Crippen LogP contribution in [0.4, 0.5) is 0 Å². The van der Waals surface area contributed by atoms with Gasteiger partial charge in [-0.05, 0) is 0 Å². The van der Waals surface area contributed by atoms with Gasteiger partial charge in [0.05, 0.1) is 0 Å². The molecule has 12 heavy (non-hydrogen) atoms. The molecule has 0 aliphatic rings. The lowest BCUT2D eigenvalue weighted by Crippen LogP contribution is -1.70. The standard InChI is InChI=1S/C7H16.C3H8.C2H2/c1-3-5-7-6-4-2;1-3-2;1-2/h3-7H2,1-2H3;3H2,1-2H3;1-2H. The highest BCUT2D eigenvalue weighted by atomic mass is 13.9. The monoisotopic (exact) mass is 170 g/mol. The van der Waals surface area contributed by atoms with Crippen molar-refractivity contribution in [3.05, 3.63) is 0 Å². The van der Waals surface area contributed by atoms with Crippen molar-refractivity contribution in [2.24, 2.45) is 0 Å². The molecule has 0 aromatic rings. The maximum absolute atomic E-state index is 4.00. The molecular weight excluding hydrogens is 144 g/mol. The van der Waals surface area contributed by atoms with Gasteiger partial charge in [0.15, 0.2) is 0 Å². The lowest BCUT2D eigenvalue weighted by atomic mass is 10.2. The second kappa shape index (κ2) is 31.2. The molecule has 0 unspecified atom stereocenters. The summed E-state index contributed by atoms with van der Waals surface area (Å²) in [6, 6.07) is 0. The van der Waals surface area contributed by atoms with Gasteiger partial charge in [-0.1, -0.05) is 66.2 Å². The van der Waals surface area contributed by atoms with E-state index >= 15 is 0 Å². The van der Waals surface area contributed by atoms with Gasteiger partial charge in [-0.2, -0.15) is 0 Å². The molecular formula is C12H26. The maximum atomic E-state index is 4.00. The largest absolute Gasteiger partial charge is 0.124 e. The van der Waals surface area contributed by atoms with Crippen molar-refractivity contribution in [1.82, 2.24) is 0 Å². The highest BCUT2D eigenvalue weighted by Gasteiger charge is 1.80. The zero-order valence-electron chi connectivity index (χ0n) is 9.40. The van der Waals surface area contributed by atoms with E-state index in [-0.39, 0.29) is 0 Å². The predicted molar refractivity (Wildman–Crippen MR) is 60.3 cm³/mol. The minimum atomic E-state index is 1.25. The van der Waals surface area contributed by atoms with Crippen molar-refractivity contribution >= 4 is 0 Å². The number of unbranched alkanes of at least 4 members (excludes halogenated alkanes) is 4. The zero-order valence-corrected chi connectivity index (χ0v) is 9.40. The Morgan fingerprint density at radius 1 is 0.667 bits per heavy atom. The molecule has 0 aromatic heterocycles. The fourth-order valence-corrected chi connectivity index (χ4v) is 0.677. The molecule has 0 saturated heterocycles. The second-order valence-corrected chi connectivity index (χ2v) is 2.77. The molecule has 0 amide bonds. The van der Waals surface area contributed by atoms with Crippen molar-refractivity contribution in [3.63, 3.8) is 0 Å². The molecule has 0 spiro atoms. The van der Waals surface area contributed by atoms with Crippen LogP contribution >= 0.6 is 0 Å². The number of hydrogen-bond donors (Lipinski definition) is 0. The molecule has 0 rings (SSSR count). The summed E-state index contributed by atoms with van der Waals surface area (Å²) in [5, 5.41) is 0. The fraction of sp³-hybridized carbons (Fsp3) is 0.833. The summed E-state index contributed by atoms with van der Waals surface area (Å²) in [6.45, 7) is 8.74. The summed E-state index contributed by atoms with van der Waals surface area (Å²) in [5.41, 5.74) is 0. The van der Waals surface area contributed by atoms with Gasteiger partial charge in [0, 0.05) is 0 Å². The van der Waals surface area contributed by atoms with E-state index in [2.05, 4.69) is 40.5 Å². The molecule has 0 aromatic carbocycles. The first-order valence-corrected chi connectivity index (χ1v) is 5.16. The van der Waals surface area contributed by atoms with Crippen molar-refractivity contribution in [2.45, 2.75) is 66.2 Å². The molecule has 0 fully saturated rings. The third-order valence-electron chi connectivity index (χ3n) is 1.21. The van der Waals surface area contributed by atoms with Gasteiger partial charge in [-0.25, -0.2) is 0 Å². The van der Waals surface area contributed by atoms with Crippen LogP contribution in [-0.4, -0.2) is 0 Å². The van der Waals surface area contributed by atoms with E-state index < -0.39 is 0 Å². The van der Waals surface area contributed by atoms with Gasteiger partial charge in [-0.15, -0.1) is 12.8 Å². The van der Waals surface area contributed by atoms with Gasteiger partial charge < -0.3 is 0 Å². The van der Waals surface area contributed by atoms with Gasteiger partial charge in [0.2, 0.25) is 0 Å². The second-order valence-electron chi connectivity index (χ2n) is 2.77. The average Bonchev–Trinajstić information content (AvgIpc) is 2.11. The summed E-state index contributed by atoms with van der Waals surface area (Å²) in [7, 11) is 0. The first kappa shape index (κ1) is 17.6. The minimum absolute atomic E-state index is 1.25. The smallest absolute Gasteiger partial charge is 0.0533 e. The Balaban J connectivity index is -0.000000137. The van der Waals surface area contributed by atoms with E-state index in [1.165, 1.54) is 38.5 Å². The topological polar surface area (TPSA) is 0 Å². The Bertz CT molecular complexity index is 48.3. The highest BCUT2D eigenvalue weighted by Crippen LogP contribution is 2.00. The highest BCUT2D eigenvalue weighted by molar-refractivity contribution is 4.47. The number of hydrogen-bond acceptors (Lipinski definition) is 0. The lowest BCUT2D eigenvalue weighted by molar-refractivity contribution is 0.656. The summed E-state index contributed by atoms with van der Waals surface area (Å²) < 4.78 is 0. The van der Waals surface area contributed by atoms with Crippen LogP contribution in [0, 0.1) is 12.8 Å². The quantitative estimate of drug-likeness (QED) is 0.426. The average molecular weight is 170 g/mol. The normalized spacial score (nSPS) is 7.17. The van der Waals surface area contributed by atoms with Gasteiger partial charge >= 0.3 is 0 Å². The van der Waals surface area contributed by atoms with Crippen LogP contribution in [0.15, 0.2) is 0 Å². The third-order valence-corrected chi connectivity index (χ3v) is 1.21. The van der Waals surface area contributed by atoms with Crippen LogP contribution in [0.1, 0.15) is 66.2 Å². The Morgan fingerprint density at radius 2 is 0.917 bits per heavy atom. The zero-order chi connectivity index (χ0) is 10.2. The molecule has 0 heteroatoms. The van der Waals surface area contributed by atoms with E-state index in [4.69, 9.17) is 0 Å². The summed E-state index contributed by atoms with van der Waals surface area (Å²) in [4.78, 5) is 0. The number of terminal acetylenes is 1. The van der Waals surface area contributed by atoms with E-state index in [9.17, 15) is 0 Å². The molecule has 0 aliphatic heterocycles. The fourth-order valence-electron chi connectivity index (χ4n) is 0.677. The Kier molecular flexibility index (Phi) is 45.8. The minimum Gasteiger partial charge on any atom is -0.124 e.